The Kier molecular flexibility index (Phi) is 5.94. The van der Waals surface area contributed by atoms with E-state index in [1.807, 2.05) is 6.07 Å². The lowest BCUT2D eigenvalue weighted by molar-refractivity contribution is 0.270. The zero-order valence-electron chi connectivity index (χ0n) is 15.6. The number of fused-ring (bicyclic) bond motifs is 1. The van der Waals surface area contributed by atoms with Gasteiger partial charge in [0.1, 0.15) is 0 Å². The zero-order chi connectivity index (χ0) is 19.6. The highest BCUT2D eigenvalue weighted by Crippen LogP contribution is 2.37. The average Bonchev–Trinajstić information content (AvgIpc) is 3.03. The highest BCUT2D eigenvalue weighted by molar-refractivity contribution is 9.10. The molecule has 0 unspecified atom stereocenters. The van der Waals surface area contributed by atoms with Crippen LogP contribution in [0.2, 0.25) is 0 Å². The first-order valence-electron chi connectivity index (χ1n) is 9.65. The van der Waals surface area contributed by atoms with Crippen molar-refractivity contribution in [2.24, 2.45) is 0 Å². The SMILES string of the molecule is O=S(=O)(CCN1CCC[C@H]1c1ccc2c(c1)OCCCO2)c1ccc(Br)cc1. The van der Waals surface area contributed by atoms with Crippen LogP contribution in [0.1, 0.15) is 30.9 Å². The quantitative estimate of drug-likeness (QED) is 0.661. The van der Waals surface area contributed by atoms with Crippen LogP contribution in [0, 0.1) is 0 Å². The van der Waals surface area contributed by atoms with Crippen molar-refractivity contribution in [3.63, 3.8) is 0 Å². The maximum absolute atomic E-state index is 12.7. The molecular weight excluding hydrogens is 442 g/mol. The predicted octanol–water partition coefficient (Wildman–Crippen LogP) is 4.22. The fourth-order valence-corrected chi connectivity index (χ4v) is 5.38. The Hall–Kier alpha value is -1.57. The summed E-state index contributed by atoms with van der Waals surface area (Å²) in [5.74, 6) is 1.71. The maximum Gasteiger partial charge on any atom is 0.179 e. The molecule has 28 heavy (non-hydrogen) atoms. The number of ether oxygens (including phenoxy) is 2. The number of likely N-dealkylation sites (tertiary alicyclic amines) is 1. The minimum Gasteiger partial charge on any atom is -0.490 e. The molecule has 1 saturated heterocycles. The number of rotatable bonds is 5. The maximum atomic E-state index is 12.7. The highest BCUT2D eigenvalue weighted by atomic mass is 79.9. The van der Waals surface area contributed by atoms with E-state index in [1.54, 1.807) is 24.3 Å². The number of benzene rings is 2. The van der Waals surface area contributed by atoms with Gasteiger partial charge in [0.15, 0.2) is 21.3 Å². The Labute approximate surface area is 174 Å². The minimum atomic E-state index is -3.30. The zero-order valence-corrected chi connectivity index (χ0v) is 18.0. The summed E-state index contributed by atoms with van der Waals surface area (Å²) in [6, 6.07) is 13.2. The van der Waals surface area contributed by atoms with Crippen molar-refractivity contribution in [3.8, 4) is 11.5 Å². The summed E-state index contributed by atoms with van der Waals surface area (Å²) in [7, 11) is -3.30. The van der Waals surface area contributed by atoms with Gasteiger partial charge < -0.3 is 9.47 Å². The van der Waals surface area contributed by atoms with Gasteiger partial charge in [-0.3, -0.25) is 4.90 Å². The van der Waals surface area contributed by atoms with E-state index in [9.17, 15) is 8.42 Å². The fraction of sp³-hybridized carbons (Fsp3) is 0.429. The second kappa shape index (κ2) is 8.43. The Morgan fingerprint density at radius 2 is 1.75 bits per heavy atom. The van der Waals surface area contributed by atoms with Gasteiger partial charge in [0.25, 0.3) is 0 Å². The van der Waals surface area contributed by atoms with Crippen LogP contribution in [0.15, 0.2) is 51.8 Å². The van der Waals surface area contributed by atoms with Crippen molar-refractivity contribution in [1.29, 1.82) is 0 Å². The van der Waals surface area contributed by atoms with Crippen molar-refractivity contribution < 1.29 is 17.9 Å². The first-order chi connectivity index (χ1) is 13.5. The third-order valence-electron chi connectivity index (χ3n) is 5.34. The van der Waals surface area contributed by atoms with Crippen LogP contribution in [0.5, 0.6) is 11.5 Å². The molecule has 5 nitrogen and oxygen atoms in total. The normalized spacial score (nSPS) is 20.1. The summed E-state index contributed by atoms with van der Waals surface area (Å²) in [6.07, 6.45) is 2.98. The molecule has 2 aromatic carbocycles. The summed E-state index contributed by atoms with van der Waals surface area (Å²) in [5.41, 5.74) is 1.17. The van der Waals surface area contributed by atoms with Gasteiger partial charge >= 0.3 is 0 Å². The molecule has 0 bridgehead atoms. The first kappa shape index (κ1) is 19.7. The van der Waals surface area contributed by atoms with E-state index in [0.29, 0.717) is 24.7 Å². The lowest BCUT2D eigenvalue weighted by Gasteiger charge is -2.25. The molecule has 1 fully saturated rings. The Morgan fingerprint density at radius 1 is 1.00 bits per heavy atom. The second-order valence-electron chi connectivity index (χ2n) is 7.22. The van der Waals surface area contributed by atoms with Gasteiger partial charge in [-0.25, -0.2) is 8.42 Å². The van der Waals surface area contributed by atoms with Crippen molar-refractivity contribution >= 4 is 25.8 Å². The lowest BCUT2D eigenvalue weighted by Crippen LogP contribution is -2.29. The summed E-state index contributed by atoms with van der Waals surface area (Å²) in [6.45, 7) is 2.78. The molecule has 4 rings (SSSR count). The van der Waals surface area contributed by atoms with E-state index in [0.717, 1.165) is 41.8 Å². The van der Waals surface area contributed by atoms with Gasteiger partial charge in [0, 0.05) is 23.5 Å². The number of hydrogen-bond donors (Lipinski definition) is 0. The van der Waals surface area contributed by atoms with Gasteiger partial charge in [-0.1, -0.05) is 22.0 Å². The molecule has 2 aliphatic rings. The molecule has 0 saturated carbocycles. The smallest absolute Gasteiger partial charge is 0.179 e. The van der Waals surface area contributed by atoms with Crippen LogP contribution in [0.3, 0.4) is 0 Å². The number of nitrogens with zero attached hydrogens (tertiary/aromatic N) is 1. The fourth-order valence-electron chi connectivity index (χ4n) is 3.86. The third-order valence-corrected chi connectivity index (χ3v) is 7.58. The molecule has 2 aliphatic heterocycles. The van der Waals surface area contributed by atoms with E-state index >= 15 is 0 Å². The van der Waals surface area contributed by atoms with Crippen LogP contribution in [0.25, 0.3) is 0 Å². The largest absolute Gasteiger partial charge is 0.490 e. The Balaban J connectivity index is 1.47. The van der Waals surface area contributed by atoms with Crippen LogP contribution >= 0.6 is 15.9 Å². The van der Waals surface area contributed by atoms with Crippen LogP contribution < -0.4 is 9.47 Å². The number of hydrogen-bond acceptors (Lipinski definition) is 5. The Morgan fingerprint density at radius 3 is 2.54 bits per heavy atom. The van der Waals surface area contributed by atoms with Crippen molar-refractivity contribution in [3.05, 3.63) is 52.5 Å². The molecular formula is C21H24BrNO4S. The summed E-state index contributed by atoms with van der Waals surface area (Å²) in [5, 5.41) is 0. The van der Waals surface area contributed by atoms with Gasteiger partial charge in [-0.05, 0) is 61.3 Å². The van der Waals surface area contributed by atoms with E-state index in [-0.39, 0.29) is 11.8 Å². The molecule has 0 spiro atoms. The minimum absolute atomic E-state index is 0.121. The molecule has 0 aliphatic carbocycles. The second-order valence-corrected chi connectivity index (χ2v) is 10.2. The van der Waals surface area contributed by atoms with Crippen molar-refractivity contribution in [2.75, 3.05) is 32.1 Å². The number of sulfone groups is 1. The van der Waals surface area contributed by atoms with Gasteiger partial charge in [0.05, 0.1) is 23.9 Å². The summed E-state index contributed by atoms with van der Waals surface area (Å²) >= 11 is 3.35. The molecule has 7 heteroatoms. The molecule has 1 atom stereocenters. The van der Waals surface area contributed by atoms with E-state index in [4.69, 9.17) is 9.47 Å². The molecule has 2 aromatic rings. The third kappa shape index (κ3) is 4.36. The average molecular weight is 466 g/mol. The van der Waals surface area contributed by atoms with Crippen molar-refractivity contribution in [1.82, 2.24) is 4.90 Å². The predicted molar refractivity (Wildman–Crippen MR) is 112 cm³/mol. The van der Waals surface area contributed by atoms with Crippen LogP contribution in [0.4, 0.5) is 0 Å². The summed E-state index contributed by atoms with van der Waals surface area (Å²) < 4.78 is 37.8. The standard InChI is InChI=1S/C21H24BrNO4S/c22-17-5-7-18(8-6-17)28(24,25)14-11-23-10-1-3-19(23)16-4-9-20-21(15-16)27-13-2-12-26-20/h4-9,15,19H,1-3,10-14H2/t19-/m0/s1. The number of halogens is 1. The van der Waals surface area contributed by atoms with Crippen LogP contribution in [-0.2, 0) is 9.84 Å². The topological polar surface area (TPSA) is 55.8 Å². The molecule has 2 heterocycles. The monoisotopic (exact) mass is 465 g/mol. The molecule has 0 N–H and O–H groups in total. The van der Waals surface area contributed by atoms with Gasteiger partial charge in [-0.2, -0.15) is 0 Å². The van der Waals surface area contributed by atoms with Crippen molar-refractivity contribution in [2.45, 2.75) is 30.2 Å². The molecule has 0 radical (unpaired) electrons. The van der Waals surface area contributed by atoms with Crippen LogP contribution in [-0.4, -0.2) is 45.4 Å². The first-order valence-corrected chi connectivity index (χ1v) is 12.1. The molecule has 0 aromatic heterocycles. The molecule has 150 valence electrons. The summed E-state index contributed by atoms with van der Waals surface area (Å²) in [4.78, 5) is 2.65. The van der Waals surface area contributed by atoms with Gasteiger partial charge in [0.2, 0.25) is 0 Å². The van der Waals surface area contributed by atoms with Gasteiger partial charge in [-0.15, -0.1) is 0 Å². The van der Waals surface area contributed by atoms with E-state index in [2.05, 4.69) is 33.0 Å². The molecule has 0 amide bonds. The van der Waals surface area contributed by atoms with E-state index < -0.39 is 9.84 Å². The highest BCUT2D eigenvalue weighted by Gasteiger charge is 2.28. The Bertz CT molecular complexity index is 930. The lowest BCUT2D eigenvalue weighted by atomic mass is 10.0. The van der Waals surface area contributed by atoms with E-state index in [1.165, 1.54) is 5.56 Å².